The molecule has 0 heterocycles. The van der Waals surface area contributed by atoms with Crippen LogP contribution >= 0.6 is 0 Å². The minimum atomic E-state index is -0.862. The number of hydrogen-bond donors (Lipinski definition) is 2. The Labute approximate surface area is 112 Å². The van der Waals surface area contributed by atoms with Crippen LogP contribution in [-0.4, -0.2) is 23.7 Å². The highest BCUT2D eigenvalue weighted by atomic mass is 16.3. The second kappa shape index (κ2) is 7.13. The van der Waals surface area contributed by atoms with E-state index in [0.717, 1.165) is 19.3 Å². The Hall–Kier alpha value is -0.570. The van der Waals surface area contributed by atoms with E-state index in [0.29, 0.717) is 18.4 Å². The SMILES string of the molecule is CC(C)(C)CCCNC(=O)C(O)CCC(C)(C)C. The molecular formula is C15H31NO2. The average Bonchev–Trinajstić information content (AvgIpc) is 2.18. The van der Waals surface area contributed by atoms with Gasteiger partial charge >= 0.3 is 0 Å². The van der Waals surface area contributed by atoms with Crippen molar-refractivity contribution in [1.82, 2.24) is 5.32 Å². The van der Waals surface area contributed by atoms with E-state index in [4.69, 9.17) is 0 Å². The molecule has 3 nitrogen and oxygen atoms in total. The van der Waals surface area contributed by atoms with Crippen molar-refractivity contribution in [1.29, 1.82) is 0 Å². The van der Waals surface area contributed by atoms with Crippen LogP contribution in [0.25, 0.3) is 0 Å². The van der Waals surface area contributed by atoms with Crippen LogP contribution in [0.2, 0.25) is 0 Å². The van der Waals surface area contributed by atoms with Crippen LogP contribution in [0, 0.1) is 10.8 Å². The van der Waals surface area contributed by atoms with E-state index >= 15 is 0 Å². The lowest BCUT2D eigenvalue weighted by Crippen LogP contribution is -2.35. The molecule has 0 rings (SSSR count). The van der Waals surface area contributed by atoms with Gasteiger partial charge in [0, 0.05) is 6.54 Å². The molecule has 108 valence electrons. The van der Waals surface area contributed by atoms with Gasteiger partial charge in [-0.2, -0.15) is 0 Å². The summed E-state index contributed by atoms with van der Waals surface area (Å²) in [4.78, 5) is 11.6. The maximum absolute atomic E-state index is 11.6. The smallest absolute Gasteiger partial charge is 0.248 e. The molecule has 0 bridgehead atoms. The highest BCUT2D eigenvalue weighted by molar-refractivity contribution is 5.80. The molecule has 0 radical (unpaired) electrons. The predicted molar refractivity (Wildman–Crippen MR) is 76.4 cm³/mol. The van der Waals surface area contributed by atoms with Crippen molar-refractivity contribution in [2.24, 2.45) is 10.8 Å². The Morgan fingerprint density at radius 2 is 1.56 bits per heavy atom. The summed E-state index contributed by atoms with van der Waals surface area (Å²) in [5, 5.41) is 12.5. The van der Waals surface area contributed by atoms with Gasteiger partial charge in [-0.25, -0.2) is 0 Å². The Bertz CT molecular complexity index is 248. The van der Waals surface area contributed by atoms with Gasteiger partial charge in [0.05, 0.1) is 0 Å². The molecule has 1 atom stereocenters. The topological polar surface area (TPSA) is 49.3 Å². The molecule has 0 spiro atoms. The summed E-state index contributed by atoms with van der Waals surface area (Å²) in [5.74, 6) is -0.229. The van der Waals surface area contributed by atoms with Gasteiger partial charge in [-0.3, -0.25) is 4.79 Å². The number of rotatable bonds is 6. The molecule has 0 aromatic heterocycles. The molecule has 2 N–H and O–H groups in total. The third-order valence-electron chi connectivity index (χ3n) is 2.87. The van der Waals surface area contributed by atoms with E-state index in [2.05, 4.69) is 46.9 Å². The van der Waals surface area contributed by atoms with E-state index in [1.165, 1.54) is 0 Å². The molecule has 0 fully saturated rings. The van der Waals surface area contributed by atoms with Gasteiger partial charge in [-0.05, 0) is 36.5 Å². The molecule has 18 heavy (non-hydrogen) atoms. The Kier molecular flexibility index (Phi) is 6.90. The minimum absolute atomic E-state index is 0.160. The van der Waals surface area contributed by atoms with Crippen LogP contribution in [-0.2, 0) is 4.79 Å². The van der Waals surface area contributed by atoms with Crippen LogP contribution in [0.3, 0.4) is 0 Å². The third-order valence-corrected chi connectivity index (χ3v) is 2.87. The summed E-state index contributed by atoms with van der Waals surface area (Å²) in [7, 11) is 0. The summed E-state index contributed by atoms with van der Waals surface area (Å²) in [6.07, 6.45) is 2.56. The van der Waals surface area contributed by atoms with Crippen molar-refractivity contribution in [2.45, 2.75) is 73.3 Å². The maximum Gasteiger partial charge on any atom is 0.248 e. The first kappa shape index (κ1) is 17.4. The van der Waals surface area contributed by atoms with Crippen molar-refractivity contribution >= 4 is 5.91 Å². The molecule has 0 aliphatic rings. The van der Waals surface area contributed by atoms with Gasteiger partial charge in [-0.15, -0.1) is 0 Å². The summed E-state index contributed by atoms with van der Waals surface area (Å²) in [5.41, 5.74) is 0.461. The van der Waals surface area contributed by atoms with Gasteiger partial charge in [0.15, 0.2) is 0 Å². The zero-order valence-electron chi connectivity index (χ0n) is 13.0. The number of carbonyl (C=O) groups excluding carboxylic acids is 1. The largest absolute Gasteiger partial charge is 0.383 e. The fraction of sp³-hybridized carbons (Fsp3) is 0.933. The second-order valence-corrected chi connectivity index (χ2v) is 7.57. The van der Waals surface area contributed by atoms with Crippen molar-refractivity contribution in [3.05, 3.63) is 0 Å². The highest BCUT2D eigenvalue weighted by Gasteiger charge is 2.19. The average molecular weight is 257 g/mol. The Morgan fingerprint density at radius 1 is 1.06 bits per heavy atom. The van der Waals surface area contributed by atoms with Crippen LogP contribution in [0.4, 0.5) is 0 Å². The number of aliphatic hydroxyl groups is 1. The van der Waals surface area contributed by atoms with E-state index in [1.54, 1.807) is 0 Å². The molecule has 1 unspecified atom stereocenters. The van der Waals surface area contributed by atoms with Crippen molar-refractivity contribution < 1.29 is 9.90 Å². The van der Waals surface area contributed by atoms with E-state index in [1.807, 2.05) is 0 Å². The molecule has 0 saturated carbocycles. The zero-order valence-corrected chi connectivity index (χ0v) is 13.0. The van der Waals surface area contributed by atoms with Gasteiger partial charge in [0.2, 0.25) is 5.91 Å². The molecule has 3 heteroatoms. The molecule has 1 amide bonds. The quantitative estimate of drug-likeness (QED) is 0.718. The first-order valence-corrected chi connectivity index (χ1v) is 6.97. The van der Waals surface area contributed by atoms with Crippen LogP contribution < -0.4 is 5.32 Å². The Balaban J connectivity index is 3.75. The zero-order chi connectivity index (χ0) is 14.4. The monoisotopic (exact) mass is 257 g/mol. The molecule has 0 aromatic carbocycles. The first-order chi connectivity index (χ1) is 8.01. The minimum Gasteiger partial charge on any atom is -0.383 e. The van der Waals surface area contributed by atoms with Crippen molar-refractivity contribution in [2.75, 3.05) is 6.54 Å². The van der Waals surface area contributed by atoms with Gasteiger partial charge in [-0.1, -0.05) is 41.5 Å². The second-order valence-electron chi connectivity index (χ2n) is 7.57. The summed E-state index contributed by atoms with van der Waals surface area (Å²) < 4.78 is 0. The molecule has 0 aliphatic carbocycles. The summed E-state index contributed by atoms with van der Waals surface area (Å²) in [6, 6.07) is 0. The van der Waals surface area contributed by atoms with Crippen LogP contribution in [0.1, 0.15) is 67.2 Å². The Morgan fingerprint density at radius 3 is 2.00 bits per heavy atom. The van der Waals surface area contributed by atoms with Gasteiger partial charge in [0.1, 0.15) is 6.10 Å². The number of carbonyl (C=O) groups is 1. The molecule has 0 saturated heterocycles. The number of aliphatic hydroxyl groups excluding tert-OH is 1. The van der Waals surface area contributed by atoms with Crippen molar-refractivity contribution in [3.63, 3.8) is 0 Å². The van der Waals surface area contributed by atoms with Gasteiger partial charge < -0.3 is 10.4 Å². The number of nitrogens with one attached hydrogen (secondary N) is 1. The van der Waals surface area contributed by atoms with E-state index in [9.17, 15) is 9.90 Å². The third kappa shape index (κ3) is 10.6. The predicted octanol–water partition coefficient (Wildman–Crippen LogP) is 3.12. The molecule has 0 aliphatic heterocycles. The number of amides is 1. The summed E-state index contributed by atoms with van der Waals surface area (Å²) in [6.45, 7) is 13.6. The molecule has 0 aromatic rings. The van der Waals surface area contributed by atoms with E-state index < -0.39 is 6.10 Å². The van der Waals surface area contributed by atoms with Crippen LogP contribution in [0.15, 0.2) is 0 Å². The lowest BCUT2D eigenvalue weighted by Gasteiger charge is -2.20. The maximum atomic E-state index is 11.6. The standard InChI is InChI=1S/C15H31NO2/c1-14(2,3)9-7-11-16-13(18)12(17)8-10-15(4,5)6/h12,17H,7-11H2,1-6H3,(H,16,18). The lowest BCUT2D eigenvalue weighted by molar-refractivity contribution is -0.129. The van der Waals surface area contributed by atoms with Gasteiger partial charge in [0.25, 0.3) is 0 Å². The first-order valence-electron chi connectivity index (χ1n) is 6.97. The lowest BCUT2D eigenvalue weighted by atomic mass is 9.89. The normalized spacial score (nSPS) is 14.4. The van der Waals surface area contributed by atoms with E-state index in [-0.39, 0.29) is 11.3 Å². The van der Waals surface area contributed by atoms with Crippen molar-refractivity contribution in [3.8, 4) is 0 Å². The fourth-order valence-corrected chi connectivity index (χ4v) is 1.65. The summed E-state index contributed by atoms with van der Waals surface area (Å²) >= 11 is 0. The number of hydrogen-bond acceptors (Lipinski definition) is 2. The fourth-order valence-electron chi connectivity index (χ4n) is 1.65. The molecular weight excluding hydrogens is 226 g/mol. The van der Waals surface area contributed by atoms with Crippen LogP contribution in [0.5, 0.6) is 0 Å². The highest BCUT2D eigenvalue weighted by Crippen LogP contribution is 2.22.